The third kappa shape index (κ3) is 5.53. The Morgan fingerprint density at radius 1 is 1.41 bits per heavy atom. The van der Waals surface area contributed by atoms with E-state index < -0.39 is 0 Å². The van der Waals surface area contributed by atoms with Gasteiger partial charge in [-0.3, -0.25) is 4.79 Å². The molecule has 17 heavy (non-hydrogen) atoms. The Morgan fingerprint density at radius 2 is 2.12 bits per heavy atom. The molecule has 0 aromatic carbocycles. The normalized spacial score (nSPS) is 26.5. The molecule has 0 aromatic heterocycles. The molecular formula is C14H28N2O. The number of nitrogens with one attached hydrogen (secondary N) is 1. The molecule has 1 saturated carbocycles. The van der Waals surface area contributed by atoms with Crippen LogP contribution in [0.5, 0.6) is 0 Å². The molecule has 1 aliphatic carbocycles. The minimum absolute atomic E-state index is 0.191. The molecular weight excluding hydrogens is 212 g/mol. The molecule has 3 atom stereocenters. The van der Waals surface area contributed by atoms with Gasteiger partial charge in [0.25, 0.3) is 0 Å². The first kappa shape index (κ1) is 14.5. The highest BCUT2D eigenvalue weighted by atomic mass is 16.1. The number of carbonyl (C=O) groups excluding carboxylic acids is 1. The van der Waals surface area contributed by atoms with Crippen LogP contribution in [-0.2, 0) is 4.79 Å². The number of nitrogens with two attached hydrogens (primary N) is 1. The van der Waals surface area contributed by atoms with Gasteiger partial charge in [0.15, 0.2) is 0 Å². The molecule has 1 fully saturated rings. The number of hydrogen-bond acceptors (Lipinski definition) is 2. The number of unbranched alkanes of at least 4 members (excludes halogenated alkanes) is 1. The summed E-state index contributed by atoms with van der Waals surface area (Å²) in [6.07, 6.45) is 8.75. The van der Waals surface area contributed by atoms with Gasteiger partial charge in [-0.1, -0.05) is 32.6 Å². The Bertz CT molecular complexity index is 230. The second kappa shape index (κ2) is 7.70. The summed E-state index contributed by atoms with van der Waals surface area (Å²) in [6.45, 7) is 4.27. The molecule has 100 valence electrons. The predicted molar refractivity (Wildman–Crippen MR) is 71.7 cm³/mol. The summed E-state index contributed by atoms with van der Waals surface area (Å²) in [6, 6.07) is 0.544. The van der Waals surface area contributed by atoms with Crippen molar-refractivity contribution < 1.29 is 4.79 Å². The monoisotopic (exact) mass is 240 g/mol. The number of amides is 1. The van der Waals surface area contributed by atoms with E-state index in [9.17, 15) is 4.79 Å². The van der Waals surface area contributed by atoms with E-state index in [1.165, 1.54) is 25.7 Å². The highest BCUT2D eigenvalue weighted by molar-refractivity contribution is 5.76. The first-order valence-electron chi connectivity index (χ1n) is 7.18. The molecule has 1 amide bonds. The fraction of sp³-hybridized carbons (Fsp3) is 0.929. The van der Waals surface area contributed by atoms with Gasteiger partial charge < -0.3 is 11.1 Å². The van der Waals surface area contributed by atoms with Crippen LogP contribution < -0.4 is 11.1 Å². The van der Waals surface area contributed by atoms with Crippen molar-refractivity contribution in [3.05, 3.63) is 0 Å². The zero-order valence-corrected chi connectivity index (χ0v) is 11.4. The summed E-state index contributed by atoms with van der Waals surface area (Å²) in [5.41, 5.74) is 6.06. The standard InChI is InChI=1S/C14H28N2O/c1-3-4-7-11(2)16-14(17)10-12-8-5-6-9-13(12)15/h11-13H,3-10,15H2,1-2H3,(H,16,17). The third-order valence-electron chi connectivity index (χ3n) is 3.81. The summed E-state index contributed by atoms with van der Waals surface area (Å²) in [5, 5.41) is 3.09. The van der Waals surface area contributed by atoms with Crippen LogP contribution in [0.4, 0.5) is 0 Å². The van der Waals surface area contributed by atoms with Crippen molar-refractivity contribution in [3.8, 4) is 0 Å². The Labute approximate surface area is 106 Å². The summed E-state index contributed by atoms with van der Waals surface area (Å²) in [7, 11) is 0. The minimum Gasteiger partial charge on any atom is -0.354 e. The van der Waals surface area contributed by atoms with Gasteiger partial charge in [0.2, 0.25) is 5.91 Å². The first-order chi connectivity index (χ1) is 8.13. The summed E-state index contributed by atoms with van der Waals surface area (Å²) >= 11 is 0. The number of rotatable bonds is 6. The topological polar surface area (TPSA) is 55.1 Å². The largest absolute Gasteiger partial charge is 0.354 e. The molecule has 1 rings (SSSR count). The van der Waals surface area contributed by atoms with Crippen molar-refractivity contribution in [1.29, 1.82) is 0 Å². The molecule has 0 saturated heterocycles. The van der Waals surface area contributed by atoms with Crippen LogP contribution in [0.15, 0.2) is 0 Å². The lowest BCUT2D eigenvalue weighted by Gasteiger charge is -2.28. The molecule has 0 radical (unpaired) electrons. The molecule has 0 heterocycles. The third-order valence-corrected chi connectivity index (χ3v) is 3.81. The molecule has 3 N–H and O–H groups in total. The fourth-order valence-electron chi connectivity index (χ4n) is 2.64. The van der Waals surface area contributed by atoms with Gasteiger partial charge in [-0.05, 0) is 32.1 Å². The lowest BCUT2D eigenvalue weighted by atomic mass is 9.83. The van der Waals surface area contributed by atoms with Crippen LogP contribution in [0, 0.1) is 5.92 Å². The molecule has 3 nitrogen and oxygen atoms in total. The van der Waals surface area contributed by atoms with Crippen molar-refractivity contribution in [3.63, 3.8) is 0 Å². The van der Waals surface area contributed by atoms with Gasteiger partial charge in [0.05, 0.1) is 0 Å². The minimum atomic E-state index is 0.191. The van der Waals surface area contributed by atoms with E-state index in [2.05, 4.69) is 19.2 Å². The maximum atomic E-state index is 11.9. The van der Waals surface area contributed by atoms with Gasteiger partial charge in [0.1, 0.15) is 0 Å². The van der Waals surface area contributed by atoms with Crippen molar-refractivity contribution in [2.24, 2.45) is 11.7 Å². The maximum Gasteiger partial charge on any atom is 0.220 e. The van der Waals surface area contributed by atoms with Crippen molar-refractivity contribution in [2.75, 3.05) is 0 Å². The average Bonchev–Trinajstić information content (AvgIpc) is 2.29. The highest BCUT2D eigenvalue weighted by Crippen LogP contribution is 2.25. The van der Waals surface area contributed by atoms with E-state index in [0.29, 0.717) is 18.4 Å². The van der Waals surface area contributed by atoms with E-state index in [1.54, 1.807) is 0 Å². The Balaban J connectivity index is 2.23. The molecule has 0 aromatic rings. The van der Waals surface area contributed by atoms with Crippen molar-refractivity contribution in [2.45, 2.75) is 77.3 Å². The Morgan fingerprint density at radius 3 is 2.76 bits per heavy atom. The summed E-state index contributed by atoms with van der Waals surface area (Å²) < 4.78 is 0. The van der Waals surface area contributed by atoms with Crippen LogP contribution >= 0.6 is 0 Å². The van der Waals surface area contributed by atoms with Crippen molar-refractivity contribution in [1.82, 2.24) is 5.32 Å². The quantitative estimate of drug-likeness (QED) is 0.750. The first-order valence-corrected chi connectivity index (χ1v) is 7.18. The number of carbonyl (C=O) groups is 1. The zero-order chi connectivity index (χ0) is 12.7. The van der Waals surface area contributed by atoms with Crippen LogP contribution in [0.3, 0.4) is 0 Å². The molecule has 3 heteroatoms. The van der Waals surface area contributed by atoms with Crippen LogP contribution in [0.25, 0.3) is 0 Å². The van der Waals surface area contributed by atoms with Crippen LogP contribution in [-0.4, -0.2) is 18.0 Å². The Kier molecular flexibility index (Phi) is 6.56. The van der Waals surface area contributed by atoms with Crippen LogP contribution in [0.1, 0.15) is 65.2 Å². The Hall–Kier alpha value is -0.570. The second-order valence-electron chi connectivity index (χ2n) is 5.52. The summed E-state index contributed by atoms with van der Waals surface area (Å²) in [4.78, 5) is 11.9. The van der Waals surface area contributed by atoms with E-state index in [4.69, 9.17) is 5.73 Å². The van der Waals surface area contributed by atoms with E-state index in [0.717, 1.165) is 19.3 Å². The molecule has 3 unspecified atom stereocenters. The second-order valence-corrected chi connectivity index (χ2v) is 5.52. The molecule has 0 spiro atoms. The number of hydrogen-bond donors (Lipinski definition) is 2. The smallest absolute Gasteiger partial charge is 0.220 e. The molecule has 1 aliphatic rings. The van der Waals surface area contributed by atoms with Crippen molar-refractivity contribution >= 4 is 5.91 Å². The van der Waals surface area contributed by atoms with Gasteiger partial charge in [-0.2, -0.15) is 0 Å². The highest BCUT2D eigenvalue weighted by Gasteiger charge is 2.24. The van der Waals surface area contributed by atoms with Gasteiger partial charge in [-0.15, -0.1) is 0 Å². The van der Waals surface area contributed by atoms with E-state index in [-0.39, 0.29) is 11.9 Å². The van der Waals surface area contributed by atoms with Gasteiger partial charge in [-0.25, -0.2) is 0 Å². The van der Waals surface area contributed by atoms with Gasteiger partial charge >= 0.3 is 0 Å². The molecule has 0 aliphatic heterocycles. The maximum absolute atomic E-state index is 11.9. The van der Waals surface area contributed by atoms with E-state index in [1.807, 2.05) is 0 Å². The molecule has 0 bridgehead atoms. The lowest BCUT2D eigenvalue weighted by molar-refractivity contribution is -0.123. The zero-order valence-electron chi connectivity index (χ0n) is 11.4. The summed E-state index contributed by atoms with van der Waals surface area (Å²) in [5.74, 6) is 0.595. The van der Waals surface area contributed by atoms with E-state index >= 15 is 0 Å². The average molecular weight is 240 g/mol. The van der Waals surface area contributed by atoms with Gasteiger partial charge in [0, 0.05) is 18.5 Å². The lowest BCUT2D eigenvalue weighted by Crippen LogP contribution is -2.39. The predicted octanol–water partition coefficient (Wildman–Crippen LogP) is 2.59. The fourth-order valence-corrected chi connectivity index (χ4v) is 2.64. The van der Waals surface area contributed by atoms with Crippen LogP contribution in [0.2, 0.25) is 0 Å². The SMILES string of the molecule is CCCCC(C)NC(=O)CC1CCCCC1N.